The molecule has 0 saturated carbocycles. The van der Waals surface area contributed by atoms with Crippen molar-refractivity contribution in [2.75, 3.05) is 14.2 Å². The Morgan fingerprint density at radius 2 is 1.93 bits per heavy atom. The number of aliphatic hydroxyl groups is 1. The van der Waals surface area contributed by atoms with Gasteiger partial charge in [0.1, 0.15) is 5.92 Å². The Labute approximate surface area is 167 Å². The summed E-state index contributed by atoms with van der Waals surface area (Å²) < 4.78 is 52.0. The number of ether oxygens (including phenoxy) is 2. The molecule has 2 aromatic rings. The van der Waals surface area contributed by atoms with Crippen molar-refractivity contribution in [2.24, 2.45) is 5.92 Å². The summed E-state index contributed by atoms with van der Waals surface area (Å²) in [6, 6.07) is 4.40. The Morgan fingerprint density at radius 1 is 1.21 bits per heavy atom. The van der Waals surface area contributed by atoms with Crippen LogP contribution in [0.4, 0.5) is 18.0 Å². The third kappa shape index (κ3) is 3.51. The maximum Gasteiger partial charge on any atom is 0.437 e. The molecule has 2 heterocycles. The summed E-state index contributed by atoms with van der Waals surface area (Å²) in [5.41, 5.74) is -3.74. The molecule has 0 unspecified atom stereocenters. The van der Waals surface area contributed by atoms with Gasteiger partial charge in [0.25, 0.3) is 0 Å². The molecule has 0 bridgehead atoms. The van der Waals surface area contributed by atoms with Crippen LogP contribution in [0.1, 0.15) is 21.3 Å². The first kappa shape index (κ1) is 20.9. The lowest BCUT2D eigenvalue weighted by atomic mass is 9.78. The molecule has 1 aromatic carbocycles. The number of carbonyl (C=O) groups excluding carboxylic acids is 2. The van der Waals surface area contributed by atoms with Crippen molar-refractivity contribution in [3.05, 3.63) is 46.2 Å². The summed E-state index contributed by atoms with van der Waals surface area (Å²) in [6.45, 7) is 0. The van der Waals surface area contributed by atoms with Crippen LogP contribution in [-0.2, 0) is 0 Å². The lowest BCUT2D eigenvalue weighted by molar-refractivity contribution is -0.287. The number of thiophene rings is 1. The van der Waals surface area contributed by atoms with Crippen LogP contribution in [0, 0.1) is 5.92 Å². The first-order valence-electron chi connectivity index (χ1n) is 8.30. The van der Waals surface area contributed by atoms with Crippen molar-refractivity contribution in [3.8, 4) is 11.5 Å². The average molecular weight is 430 g/mol. The number of methoxy groups -OCH3 is 2. The van der Waals surface area contributed by atoms with Crippen LogP contribution in [-0.4, -0.2) is 43.0 Å². The van der Waals surface area contributed by atoms with Gasteiger partial charge in [0, 0.05) is 5.56 Å². The summed E-state index contributed by atoms with van der Waals surface area (Å²) >= 11 is 0.927. The van der Waals surface area contributed by atoms with Gasteiger partial charge in [-0.2, -0.15) is 13.2 Å². The fourth-order valence-corrected chi connectivity index (χ4v) is 4.03. The molecule has 2 amide bonds. The van der Waals surface area contributed by atoms with Crippen molar-refractivity contribution >= 4 is 23.2 Å². The minimum Gasteiger partial charge on any atom is -0.493 e. The molecule has 1 saturated heterocycles. The van der Waals surface area contributed by atoms with Crippen molar-refractivity contribution in [2.45, 2.75) is 17.9 Å². The number of rotatable bonds is 5. The summed E-state index contributed by atoms with van der Waals surface area (Å²) in [5.74, 6) is -2.88. The zero-order chi connectivity index (χ0) is 21.4. The van der Waals surface area contributed by atoms with E-state index in [4.69, 9.17) is 9.47 Å². The molecule has 1 aromatic heterocycles. The summed E-state index contributed by atoms with van der Waals surface area (Å²) in [7, 11) is 2.61. The topological polar surface area (TPSA) is 96.9 Å². The fraction of sp³-hybridized carbons (Fsp3) is 0.333. The minimum atomic E-state index is -5.33. The van der Waals surface area contributed by atoms with Gasteiger partial charge in [-0.25, -0.2) is 4.79 Å². The van der Waals surface area contributed by atoms with E-state index in [2.05, 4.69) is 5.32 Å². The molecule has 1 fully saturated rings. The number of ketones is 1. The molecule has 0 aliphatic carbocycles. The number of hydrogen-bond acceptors (Lipinski definition) is 6. The second kappa shape index (κ2) is 7.56. The Morgan fingerprint density at radius 3 is 2.48 bits per heavy atom. The normalized spacial score (nSPS) is 24.4. The van der Waals surface area contributed by atoms with Gasteiger partial charge in [-0.15, -0.1) is 11.3 Å². The van der Waals surface area contributed by atoms with Gasteiger partial charge in [0.05, 0.1) is 25.1 Å². The molecular formula is C18H17F3N2O5S. The number of alkyl halides is 3. The summed E-state index contributed by atoms with van der Waals surface area (Å²) in [4.78, 5) is 25.1. The maximum absolute atomic E-state index is 13.9. The van der Waals surface area contributed by atoms with Gasteiger partial charge in [-0.1, -0.05) is 18.2 Å². The first-order chi connectivity index (χ1) is 13.6. The highest BCUT2D eigenvalue weighted by Crippen LogP contribution is 2.47. The number of halogens is 3. The van der Waals surface area contributed by atoms with Gasteiger partial charge in [-0.05, 0) is 17.5 Å². The third-order valence-corrected chi connectivity index (χ3v) is 5.51. The molecule has 156 valence electrons. The summed E-state index contributed by atoms with van der Waals surface area (Å²) in [6.07, 6.45) is -5.33. The van der Waals surface area contributed by atoms with Crippen LogP contribution in [0.25, 0.3) is 0 Å². The average Bonchev–Trinajstić information content (AvgIpc) is 3.20. The van der Waals surface area contributed by atoms with Crippen LogP contribution in [0.3, 0.4) is 0 Å². The van der Waals surface area contributed by atoms with E-state index in [-0.39, 0.29) is 21.9 Å². The number of para-hydroxylation sites is 1. The second-order valence-electron chi connectivity index (χ2n) is 6.24. The smallest absolute Gasteiger partial charge is 0.437 e. The van der Waals surface area contributed by atoms with Gasteiger partial charge in [0.2, 0.25) is 5.72 Å². The molecule has 29 heavy (non-hydrogen) atoms. The molecule has 3 N–H and O–H groups in total. The Kier molecular flexibility index (Phi) is 5.46. The molecule has 7 nitrogen and oxygen atoms in total. The Balaban J connectivity index is 2.23. The fourth-order valence-electron chi connectivity index (χ4n) is 3.33. The molecule has 1 aliphatic heterocycles. The van der Waals surface area contributed by atoms with Crippen LogP contribution < -0.4 is 20.1 Å². The number of urea groups is 1. The van der Waals surface area contributed by atoms with Crippen molar-refractivity contribution in [1.29, 1.82) is 0 Å². The SMILES string of the molecule is COc1cccc([C@@H]2NC(=O)N[C@@](O)(C(F)(F)F)[C@@H]2C(=O)c2cccs2)c1OC. The van der Waals surface area contributed by atoms with E-state index in [1.54, 1.807) is 0 Å². The Bertz CT molecular complexity index is 919. The molecule has 3 rings (SSSR count). The Hall–Kier alpha value is -2.79. The predicted octanol–water partition coefficient (Wildman–Crippen LogP) is 2.87. The highest BCUT2D eigenvalue weighted by atomic mass is 32.1. The lowest BCUT2D eigenvalue weighted by Crippen LogP contribution is -2.72. The van der Waals surface area contributed by atoms with E-state index < -0.39 is 35.7 Å². The number of carbonyl (C=O) groups is 2. The van der Waals surface area contributed by atoms with Crippen molar-refractivity contribution in [3.63, 3.8) is 0 Å². The van der Waals surface area contributed by atoms with Crippen molar-refractivity contribution in [1.82, 2.24) is 10.6 Å². The standard InChI is InChI=1S/C18H17F3N2O5S/c1-27-10-6-3-5-9(15(10)28-2)13-12(14(24)11-7-4-8-29-11)17(26,18(19,20)21)23-16(25)22-13/h3-8,12-13,26H,1-2H3,(H2,22,23,25)/t12-,13-,17-/m0/s1. The maximum atomic E-state index is 13.9. The zero-order valence-corrected chi connectivity index (χ0v) is 16.1. The van der Waals surface area contributed by atoms with Crippen LogP contribution in [0.15, 0.2) is 35.7 Å². The molecule has 0 radical (unpaired) electrons. The van der Waals surface area contributed by atoms with Gasteiger partial charge >= 0.3 is 12.2 Å². The van der Waals surface area contributed by atoms with E-state index in [1.807, 2.05) is 0 Å². The lowest BCUT2D eigenvalue weighted by Gasteiger charge is -2.45. The van der Waals surface area contributed by atoms with Gasteiger partial charge in [-0.3, -0.25) is 4.79 Å². The number of hydrogen-bond donors (Lipinski definition) is 3. The quantitative estimate of drug-likeness (QED) is 0.634. The highest BCUT2D eigenvalue weighted by molar-refractivity contribution is 7.12. The van der Waals surface area contributed by atoms with Crippen LogP contribution >= 0.6 is 11.3 Å². The van der Waals surface area contributed by atoms with E-state index in [0.717, 1.165) is 11.3 Å². The molecule has 11 heteroatoms. The predicted molar refractivity (Wildman–Crippen MR) is 97.1 cm³/mol. The van der Waals surface area contributed by atoms with Crippen LogP contribution in [0.2, 0.25) is 0 Å². The third-order valence-electron chi connectivity index (χ3n) is 4.62. The minimum absolute atomic E-state index is 0.00230. The zero-order valence-electron chi connectivity index (χ0n) is 15.2. The monoisotopic (exact) mass is 430 g/mol. The van der Waals surface area contributed by atoms with Gasteiger partial charge < -0.3 is 25.2 Å². The molecule has 0 spiro atoms. The first-order valence-corrected chi connectivity index (χ1v) is 9.18. The van der Waals surface area contributed by atoms with Crippen molar-refractivity contribution < 1.29 is 37.3 Å². The molecule has 3 atom stereocenters. The highest BCUT2D eigenvalue weighted by Gasteiger charge is 2.66. The second-order valence-corrected chi connectivity index (χ2v) is 7.19. The molecule has 1 aliphatic rings. The van der Waals surface area contributed by atoms with Gasteiger partial charge in [0.15, 0.2) is 17.3 Å². The number of benzene rings is 1. The summed E-state index contributed by atoms with van der Waals surface area (Å²) in [5, 5.41) is 15.9. The number of Topliss-reactive ketones (excluding diaryl/α,β-unsaturated/α-hetero) is 1. The van der Waals surface area contributed by atoms with E-state index in [0.29, 0.717) is 0 Å². The van der Waals surface area contributed by atoms with E-state index in [1.165, 1.54) is 55.2 Å². The largest absolute Gasteiger partial charge is 0.493 e. The van der Waals surface area contributed by atoms with E-state index in [9.17, 15) is 27.9 Å². The number of nitrogens with one attached hydrogen (secondary N) is 2. The molecular weight excluding hydrogens is 413 g/mol. The van der Waals surface area contributed by atoms with E-state index >= 15 is 0 Å². The number of amides is 2. The van der Waals surface area contributed by atoms with Crippen LogP contribution in [0.5, 0.6) is 11.5 Å².